The maximum Gasteiger partial charge on any atom is 0.180 e. The fourth-order valence-electron chi connectivity index (χ4n) is 1.58. The highest BCUT2D eigenvalue weighted by Gasteiger charge is 2.15. The Morgan fingerprint density at radius 1 is 1.47 bits per heavy atom. The number of nitrogens with zero attached hydrogens (tertiary/aromatic N) is 1. The highest BCUT2D eigenvalue weighted by atomic mass is 32.2. The number of ether oxygens (including phenoxy) is 1. The Balaban J connectivity index is 2.63. The normalized spacial score (nSPS) is 12.9. The summed E-state index contributed by atoms with van der Waals surface area (Å²) in [5, 5.41) is 11.7. The first-order chi connectivity index (χ1) is 8.99. The molecule has 0 bridgehead atoms. The molecule has 0 aliphatic rings. The summed E-state index contributed by atoms with van der Waals surface area (Å²) >= 11 is 0. The van der Waals surface area contributed by atoms with Crippen LogP contribution in [0.25, 0.3) is 0 Å². The molecule has 1 aromatic carbocycles. The molecular formula is C13H18N2O3S. The predicted molar refractivity (Wildman–Crippen MR) is 72.6 cm³/mol. The van der Waals surface area contributed by atoms with E-state index in [2.05, 4.69) is 5.32 Å². The number of likely N-dealkylation sites (N-methyl/N-ethyl adjacent to an activating group) is 1. The molecule has 1 atom stereocenters. The van der Waals surface area contributed by atoms with Gasteiger partial charge in [0, 0.05) is 6.54 Å². The van der Waals surface area contributed by atoms with Gasteiger partial charge in [0.05, 0.1) is 35.0 Å². The first kappa shape index (κ1) is 15.6. The lowest BCUT2D eigenvalue weighted by Gasteiger charge is -2.12. The smallest absolute Gasteiger partial charge is 0.180 e. The minimum Gasteiger partial charge on any atom is -0.376 e. The summed E-state index contributed by atoms with van der Waals surface area (Å²) in [5.74, 6) is -0.0874. The quantitative estimate of drug-likeness (QED) is 0.805. The molecule has 1 rings (SSSR count). The molecule has 19 heavy (non-hydrogen) atoms. The summed E-state index contributed by atoms with van der Waals surface area (Å²) in [6.07, 6.45) is -0.0364. The highest BCUT2D eigenvalue weighted by Crippen LogP contribution is 2.13. The van der Waals surface area contributed by atoms with Crippen molar-refractivity contribution in [1.82, 2.24) is 5.32 Å². The van der Waals surface area contributed by atoms with Crippen LogP contribution < -0.4 is 5.32 Å². The molecular weight excluding hydrogens is 264 g/mol. The van der Waals surface area contributed by atoms with Crippen molar-refractivity contribution in [2.45, 2.75) is 17.9 Å². The molecule has 0 radical (unpaired) electrons. The first-order valence-corrected chi connectivity index (χ1v) is 7.64. The molecule has 0 fully saturated rings. The lowest BCUT2D eigenvalue weighted by atomic mass is 10.2. The van der Waals surface area contributed by atoms with Crippen LogP contribution in [0.5, 0.6) is 0 Å². The molecule has 0 heterocycles. The Morgan fingerprint density at radius 2 is 2.21 bits per heavy atom. The minimum atomic E-state index is -3.40. The Labute approximate surface area is 114 Å². The van der Waals surface area contributed by atoms with Gasteiger partial charge < -0.3 is 10.1 Å². The SMILES string of the molecule is CNCC(C)OCCS(=O)(=O)c1cccc(C#N)c1. The molecule has 0 aliphatic carbocycles. The van der Waals surface area contributed by atoms with Gasteiger partial charge in [-0.2, -0.15) is 5.26 Å². The minimum absolute atomic E-state index is 0.0364. The molecule has 0 aliphatic heterocycles. The summed E-state index contributed by atoms with van der Waals surface area (Å²) in [4.78, 5) is 0.163. The van der Waals surface area contributed by atoms with Crippen LogP contribution in [0.1, 0.15) is 12.5 Å². The highest BCUT2D eigenvalue weighted by molar-refractivity contribution is 7.91. The van der Waals surface area contributed by atoms with Crippen LogP contribution in [0.2, 0.25) is 0 Å². The fraction of sp³-hybridized carbons (Fsp3) is 0.462. The molecule has 1 aromatic rings. The molecule has 0 saturated carbocycles. The number of sulfone groups is 1. The number of hydrogen-bond acceptors (Lipinski definition) is 5. The van der Waals surface area contributed by atoms with E-state index < -0.39 is 9.84 Å². The van der Waals surface area contributed by atoms with E-state index in [-0.39, 0.29) is 23.4 Å². The van der Waals surface area contributed by atoms with Gasteiger partial charge in [-0.1, -0.05) is 6.07 Å². The fourth-order valence-corrected chi connectivity index (χ4v) is 2.73. The number of benzene rings is 1. The lowest BCUT2D eigenvalue weighted by molar-refractivity contribution is 0.0789. The molecule has 0 amide bonds. The van der Waals surface area contributed by atoms with Crippen LogP contribution in [0.4, 0.5) is 0 Å². The number of nitrogens with one attached hydrogen (secondary N) is 1. The third kappa shape index (κ3) is 4.99. The average Bonchev–Trinajstić information content (AvgIpc) is 2.39. The summed E-state index contributed by atoms with van der Waals surface area (Å²) in [6.45, 7) is 2.69. The van der Waals surface area contributed by atoms with Gasteiger partial charge in [0.15, 0.2) is 9.84 Å². The van der Waals surface area contributed by atoms with Crippen molar-refractivity contribution < 1.29 is 13.2 Å². The van der Waals surface area contributed by atoms with Crippen molar-refractivity contribution >= 4 is 9.84 Å². The molecule has 104 valence electrons. The van der Waals surface area contributed by atoms with Gasteiger partial charge in [0.1, 0.15) is 0 Å². The zero-order valence-electron chi connectivity index (χ0n) is 11.1. The van der Waals surface area contributed by atoms with Crippen molar-refractivity contribution in [2.75, 3.05) is 26.0 Å². The zero-order valence-corrected chi connectivity index (χ0v) is 11.9. The van der Waals surface area contributed by atoms with E-state index in [0.29, 0.717) is 12.1 Å². The van der Waals surface area contributed by atoms with Gasteiger partial charge in [-0.05, 0) is 32.2 Å². The van der Waals surface area contributed by atoms with E-state index >= 15 is 0 Å². The van der Waals surface area contributed by atoms with E-state index in [1.54, 1.807) is 12.1 Å². The maximum absolute atomic E-state index is 12.0. The topological polar surface area (TPSA) is 79.2 Å². The lowest BCUT2D eigenvalue weighted by Crippen LogP contribution is -2.25. The van der Waals surface area contributed by atoms with E-state index in [1.165, 1.54) is 12.1 Å². The second-order valence-corrected chi connectivity index (χ2v) is 6.31. The second kappa shape index (κ2) is 7.24. The average molecular weight is 282 g/mol. The van der Waals surface area contributed by atoms with Crippen LogP contribution >= 0.6 is 0 Å². The monoisotopic (exact) mass is 282 g/mol. The van der Waals surface area contributed by atoms with Crippen LogP contribution in [-0.4, -0.2) is 40.5 Å². The van der Waals surface area contributed by atoms with E-state index in [1.807, 2.05) is 20.0 Å². The predicted octanol–water partition coefficient (Wildman–Crippen LogP) is 0.956. The van der Waals surface area contributed by atoms with Crippen molar-refractivity contribution in [2.24, 2.45) is 0 Å². The largest absolute Gasteiger partial charge is 0.376 e. The van der Waals surface area contributed by atoms with Crippen molar-refractivity contribution in [3.05, 3.63) is 29.8 Å². The maximum atomic E-state index is 12.0. The van der Waals surface area contributed by atoms with Crippen LogP contribution in [-0.2, 0) is 14.6 Å². The van der Waals surface area contributed by atoms with E-state index in [9.17, 15) is 8.42 Å². The number of nitriles is 1. The molecule has 1 N–H and O–H groups in total. The molecule has 5 nitrogen and oxygen atoms in total. The molecule has 6 heteroatoms. The number of hydrogen-bond donors (Lipinski definition) is 1. The van der Waals surface area contributed by atoms with Crippen LogP contribution in [0.3, 0.4) is 0 Å². The van der Waals surface area contributed by atoms with E-state index in [0.717, 1.165) is 0 Å². The van der Waals surface area contributed by atoms with Gasteiger partial charge in [-0.25, -0.2) is 8.42 Å². The van der Waals surface area contributed by atoms with Gasteiger partial charge in [-0.3, -0.25) is 0 Å². The molecule has 1 unspecified atom stereocenters. The summed E-state index contributed by atoms with van der Waals surface area (Å²) < 4.78 is 29.5. The van der Waals surface area contributed by atoms with Crippen LogP contribution in [0.15, 0.2) is 29.2 Å². The summed E-state index contributed by atoms with van der Waals surface area (Å²) in [7, 11) is -1.59. The van der Waals surface area contributed by atoms with Crippen molar-refractivity contribution in [3.63, 3.8) is 0 Å². The van der Waals surface area contributed by atoms with Crippen molar-refractivity contribution in [3.8, 4) is 6.07 Å². The van der Waals surface area contributed by atoms with Gasteiger partial charge in [0.25, 0.3) is 0 Å². The molecule has 0 spiro atoms. The van der Waals surface area contributed by atoms with Gasteiger partial charge in [0.2, 0.25) is 0 Å². The van der Waals surface area contributed by atoms with Gasteiger partial charge >= 0.3 is 0 Å². The Morgan fingerprint density at radius 3 is 2.84 bits per heavy atom. The van der Waals surface area contributed by atoms with Crippen LogP contribution in [0, 0.1) is 11.3 Å². The number of rotatable bonds is 7. The zero-order chi connectivity index (χ0) is 14.3. The Bertz CT molecular complexity index is 549. The van der Waals surface area contributed by atoms with E-state index in [4.69, 9.17) is 10.00 Å². The van der Waals surface area contributed by atoms with Gasteiger partial charge in [-0.15, -0.1) is 0 Å². The molecule has 0 saturated heterocycles. The Hall–Kier alpha value is -1.42. The standard InChI is InChI=1S/C13H18N2O3S/c1-11(10-15-2)18-6-7-19(16,17)13-5-3-4-12(8-13)9-14/h3-5,8,11,15H,6-7,10H2,1-2H3. The summed E-state index contributed by atoms with van der Waals surface area (Å²) in [6, 6.07) is 7.94. The molecule has 0 aromatic heterocycles. The first-order valence-electron chi connectivity index (χ1n) is 5.98. The Kier molecular flexibility index (Phi) is 5.96. The summed E-state index contributed by atoms with van der Waals surface area (Å²) in [5.41, 5.74) is 0.338. The third-order valence-corrected chi connectivity index (χ3v) is 4.24. The second-order valence-electron chi connectivity index (χ2n) is 4.20. The van der Waals surface area contributed by atoms with Crippen molar-refractivity contribution in [1.29, 1.82) is 5.26 Å². The third-order valence-electron chi connectivity index (χ3n) is 2.57.